The molecule has 0 aromatic heterocycles. The average molecular weight is 1580 g/mol. The van der Waals surface area contributed by atoms with Crippen LogP contribution in [0.15, 0.2) is 194 Å². The summed E-state index contributed by atoms with van der Waals surface area (Å²) >= 11 is 0. The molecule has 116 heavy (non-hydrogen) atoms. The Hall–Kier alpha value is -12.9. The quantitative estimate of drug-likeness (QED) is 0.0138. The summed E-state index contributed by atoms with van der Waals surface area (Å²) in [5.74, 6) is -11.6. The van der Waals surface area contributed by atoms with Gasteiger partial charge in [-0.05, 0) is 155 Å². The number of hydrogen-bond acceptors (Lipinski definition) is 14. The van der Waals surface area contributed by atoms with Gasteiger partial charge in [-0.1, -0.05) is 157 Å². The minimum Gasteiger partial charge on any atom is -0.457 e. The smallest absolute Gasteiger partial charge is 0.391 e. The topological polar surface area (TPSA) is 222 Å². The van der Waals surface area contributed by atoms with Gasteiger partial charge in [-0.3, -0.25) is 38.6 Å². The molecule has 11 aromatic carbocycles. The van der Waals surface area contributed by atoms with Crippen molar-refractivity contribution in [2.24, 2.45) is 0 Å². The molecule has 0 fully saturated rings. The predicted octanol–water partition coefficient (Wildman–Crippen LogP) is 22.2. The number of ether oxygens (including phenoxy) is 6. The third-order valence-electron chi connectivity index (χ3n) is 20.2. The average Bonchev–Trinajstić information content (AvgIpc) is 0.669. The first kappa shape index (κ1) is 81.2. The summed E-state index contributed by atoms with van der Waals surface area (Å²) in [4.78, 5) is 121. The van der Waals surface area contributed by atoms with Crippen molar-refractivity contribution in [3.8, 4) is 57.5 Å². The van der Waals surface area contributed by atoms with E-state index in [4.69, 9.17) is 28.4 Å². The lowest BCUT2D eigenvalue weighted by atomic mass is 9.80. The van der Waals surface area contributed by atoms with Crippen molar-refractivity contribution in [3.05, 3.63) is 239 Å². The zero-order valence-corrected chi connectivity index (χ0v) is 66.0. The number of hydrogen-bond donors (Lipinski definition) is 2. The summed E-state index contributed by atoms with van der Waals surface area (Å²) in [6.07, 6.45) is -14.7. The molecule has 24 heteroatoms. The monoisotopic (exact) mass is 1580 g/mol. The highest BCUT2D eigenvalue weighted by Crippen LogP contribution is 2.59. The summed E-state index contributed by atoms with van der Waals surface area (Å²) in [5, 5.41) is 3.79. The number of carbonyl (C=O) groups excluding carboxylic acids is 8. The lowest BCUT2D eigenvalue weighted by Gasteiger charge is -2.36. The summed E-state index contributed by atoms with van der Waals surface area (Å²) in [5.41, 5.74) is -0.830. The van der Waals surface area contributed by atoms with Gasteiger partial charge in [0.1, 0.15) is 69.6 Å². The molecule has 0 saturated heterocycles. The molecular weight excluding hydrogens is 1500 g/mol. The number of benzene rings is 11. The lowest BCUT2D eigenvalue weighted by Crippen LogP contribution is -2.53. The largest absolute Gasteiger partial charge is 0.457 e. The van der Waals surface area contributed by atoms with Crippen LogP contribution in [0.3, 0.4) is 0 Å². The molecule has 11 aromatic rings. The first-order chi connectivity index (χ1) is 54.2. The molecule has 0 aliphatic carbocycles. The Bertz CT molecular complexity index is 5310. The Morgan fingerprint density at radius 1 is 0.345 bits per heavy atom. The number of imide groups is 2. The van der Waals surface area contributed by atoms with Gasteiger partial charge in [-0.15, -0.1) is 0 Å². The van der Waals surface area contributed by atoms with Crippen molar-refractivity contribution < 1.29 is 93.1 Å². The van der Waals surface area contributed by atoms with Crippen molar-refractivity contribution in [1.82, 2.24) is 9.80 Å². The lowest BCUT2D eigenvalue weighted by molar-refractivity contribution is -0.151. The van der Waals surface area contributed by atoms with Crippen LogP contribution in [-0.2, 0) is 40.8 Å². The molecule has 13 rings (SSSR count). The first-order valence-corrected chi connectivity index (χ1v) is 37.2. The number of esters is 2. The minimum atomic E-state index is -5.27. The molecule has 0 bridgehead atoms. The van der Waals surface area contributed by atoms with Crippen molar-refractivity contribution >= 4 is 102 Å². The molecule has 2 atom stereocenters. The van der Waals surface area contributed by atoms with Crippen LogP contribution in [0.2, 0.25) is 0 Å². The maximum atomic E-state index is 16.3. The Labute approximate surface area is 664 Å². The number of amides is 6. The minimum absolute atomic E-state index is 0.00124. The third-order valence-corrected chi connectivity index (χ3v) is 20.2. The van der Waals surface area contributed by atoms with Crippen LogP contribution in [0.1, 0.15) is 173 Å². The number of nitrogens with one attached hydrogen (secondary N) is 2. The molecule has 2 unspecified atom stereocenters. The number of anilines is 2. The second-order valence-corrected chi connectivity index (χ2v) is 33.2. The van der Waals surface area contributed by atoms with Crippen LogP contribution in [-0.4, -0.2) is 81.6 Å². The van der Waals surface area contributed by atoms with Gasteiger partial charge in [0.15, 0.2) is 0 Å². The van der Waals surface area contributed by atoms with Gasteiger partial charge in [-0.25, -0.2) is 9.59 Å². The van der Waals surface area contributed by atoms with E-state index in [0.29, 0.717) is 0 Å². The molecule has 18 nitrogen and oxygen atoms in total. The molecule has 596 valence electrons. The van der Waals surface area contributed by atoms with Gasteiger partial charge >= 0.3 is 24.3 Å². The second kappa shape index (κ2) is 29.8. The highest BCUT2D eigenvalue weighted by Gasteiger charge is 2.50. The van der Waals surface area contributed by atoms with E-state index in [9.17, 15) is 9.59 Å². The van der Waals surface area contributed by atoms with E-state index in [1.165, 1.54) is 74.5 Å². The van der Waals surface area contributed by atoms with E-state index in [1.807, 2.05) is 83.1 Å². The van der Waals surface area contributed by atoms with Crippen LogP contribution >= 0.6 is 0 Å². The van der Waals surface area contributed by atoms with Crippen LogP contribution in [0.25, 0.3) is 43.1 Å². The SMILES string of the molecule is C=C(C)C(=O)Oc1cccc(NC(=O)C(CC(F)(F)F)N2C(=O)c3cc(Oc4ccc(C(C)(C)C)cc4)c4c5c(Oc6ccc(C(C)(C)C)cc6)cc6c7c(cc(Oc8ccc(C(C)(C)C)cc8)c(c8c(Oc9ccc(C(C)(C)C)cc9)cc(c3c48)C2=O)c75)C(=O)N(C(CC(F)(F)F)C(=O)Nc2cccc(OC(=O)C(=C)C)c2)C6=O)c1. The van der Waals surface area contributed by atoms with Gasteiger partial charge in [0, 0.05) is 77.7 Å². The molecular formula is C92H82F6N4O14. The Balaban J connectivity index is 1.17. The molecule has 0 spiro atoms. The number of rotatable bonds is 20. The van der Waals surface area contributed by atoms with Gasteiger partial charge in [0.2, 0.25) is 11.8 Å². The molecule has 2 N–H and O–H groups in total. The van der Waals surface area contributed by atoms with E-state index in [1.54, 1.807) is 97.1 Å². The molecule has 6 amide bonds. The predicted molar refractivity (Wildman–Crippen MR) is 429 cm³/mol. The number of halogens is 6. The Morgan fingerprint density at radius 2 is 0.586 bits per heavy atom. The maximum absolute atomic E-state index is 16.3. The number of carbonyl (C=O) groups is 8. The molecule has 2 aliphatic rings. The zero-order chi connectivity index (χ0) is 84.1. The van der Waals surface area contributed by atoms with Gasteiger partial charge in [-0.2, -0.15) is 26.3 Å². The normalized spacial score (nSPS) is 13.9. The molecule has 2 aliphatic heterocycles. The fourth-order valence-corrected chi connectivity index (χ4v) is 14.2. The summed E-state index contributed by atoms with van der Waals surface area (Å²) in [6, 6.07) is 36.8. The Morgan fingerprint density at radius 3 is 0.802 bits per heavy atom. The van der Waals surface area contributed by atoms with Crippen molar-refractivity contribution in [2.45, 2.75) is 156 Å². The fraction of sp³-hybridized carbons (Fsp3) is 0.261. The van der Waals surface area contributed by atoms with Crippen LogP contribution in [0.4, 0.5) is 37.7 Å². The van der Waals surface area contributed by atoms with Gasteiger partial charge in [0.05, 0.1) is 35.1 Å². The van der Waals surface area contributed by atoms with Crippen LogP contribution in [0, 0.1) is 0 Å². The highest BCUT2D eigenvalue weighted by molar-refractivity contribution is 6.45. The van der Waals surface area contributed by atoms with Gasteiger partial charge in [0.25, 0.3) is 23.6 Å². The Kier molecular flexibility index (Phi) is 20.9. The third kappa shape index (κ3) is 16.3. The molecule has 0 saturated carbocycles. The maximum Gasteiger partial charge on any atom is 0.391 e. The second-order valence-electron chi connectivity index (χ2n) is 33.2. The number of nitrogens with zero attached hydrogens (tertiary/aromatic N) is 2. The van der Waals surface area contributed by atoms with E-state index >= 15 is 55.1 Å². The van der Waals surface area contributed by atoms with Crippen molar-refractivity contribution in [3.63, 3.8) is 0 Å². The standard InChI is InChI=1S/C92H82F6N4O14/c1-47(2)85(109)115-59-21-17-19-53(39-59)99-79(103)65(45-91(93,94)95)101-81(105)61-41-67(111-55-31-23-49(24-32-55)87(5,6)7)73-75-69(113-57-35-27-51(28-36-57)89(11,12)13)43-63-72-64(84(108)102(83(63)107)66(46-92(96,97)98)80(104)100-54-20-18-22-60(40-54)116-86(110)48(3)4)44-70(114-58-37-29-52(30-38-58)90(14,15)16)76(78(72)75)74-68(42-62(82(101)106)71(61)77(73)74)112-56-33-25-50(26-34-56)88(8,9)10/h17-44,65-66H,1,3,45-46H2,2,4-16H3,(H,99,103)(H,100,104). The zero-order valence-electron chi connectivity index (χ0n) is 66.0. The van der Waals surface area contributed by atoms with Crippen molar-refractivity contribution in [1.29, 1.82) is 0 Å². The summed E-state index contributed by atoms with van der Waals surface area (Å²) in [6.45, 7) is 33.6. The summed E-state index contributed by atoms with van der Waals surface area (Å²) in [7, 11) is 0. The van der Waals surface area contributed by atoms with E-state index in [0.717, 1.165) is 34.4 Å². The van der Waals surface area contributed by atoms with Crippen molar-refractivity contribution in [2.75, 3.05) is 10.6 Å². The van der Waals surface area contributed by atoms with E-state index in [2.05, 4.69) is 23.8 Å². The van der Waals surface area contributed by atoms with E-state index < -0.39 is 129 Å². The molecule has 2 heterocycles. The highest BCUT2D eigenvalue weighted by atomic mass is 19.4. The van der Waals surface area contributed by atoms with Gasteiger partial charge < -0.3 is 39.1 Å². The number of fused-ring (bicyclic) bond motifs is 2. The molecule has 0 radical (unpaired) electrons. The van der Waals surface area contributed by atoms with Crippen LogP contribution < -0.4 is 39.1 Å². The van der Waals surface area contributed by atoms with E-state index in [-0.39, 0.29) is 133 Å². The van der Waals surface area contributed by atoms with Crippen LogP contribution in [0.5, 0.6) is 57.5 Å². The first-order valence-electron chi connectivity index (χ1n) is 37.2. The summed E-state index contributed by atoms with van der Waals surface area (Å²) < 4.78 is 132. The fourth-order valence-electron chi connectivity index (χ4n) is 14.2. The number of alkyl halides is 6.